The fourth-order valence-electron chi connectivity index (χ4n) is 3.31. The second-order valence-corrected chi connectivity index (χ2v) is 6.63. The number of hydrogen-bond acceptors (Lipinski definition) is 4. The highest BCUT2D eigenvalue weighted by Gasteiger charge is 2.51. The lowest BCUT2D eigenvalue weighted by molar-refractivity contribution is -0.151. The van der Waals surface area contributed by atoms with E-state index in [-0.39, 0.29) is 17.5 Å². The van der Waals surface area contributed by atoms with Crippen LogP contribution in [0.1, 0.15) is 38.8 Å². The van der Waals surface area contributed by atoms with Crippen molar-refractivity contribution in [3.8, 4) is 0 Å². The van der Waals surface area contributed by atoms with Gasteiger partial charge in [0.2, 0.25) is 0 Å². The minimum absolute atomic E-state index is 0.162. The molecule has 5 nitrogen and oxygen atoms in total. The molecule has 1 aliphatic rings. The van der Waals surface area contributed by atoms with Crippen LogP contribution in [-0.2, 0) is 22.1 Å². The molecule has 146 valence electrons. The molecule has 0 aliphatic carbocycles. The fourth-order valence-corrected chi connectivity index (χ4v) is 3.31. The van der Waals surface area contributed by atoms with Gasteiger partial charge in [-0.25, -0.2) is 4.79 Å². The predicted molar refractivity (Wildman–Crippen MR) is 92.5 cm³/mol. The lowest BCUT2D eigenvalue weighted by Crippen LogP contribution is -2.57. The molecule has 0 saturated carbocycles. The number of carbonyl (C=O) groups excluding carboxylic acids is 3. The summed E-state index contributed by atoms with van der Waals surface area (Å²) in [7, 11) is 1.12. The monoisotopic (exact) mass is 391 g/mol. The van der Waals surface area contributed by atoms with E-state index in [0.29, 0.717) is 5.56 Å². The summed E-state index contributed by atoms with van der Waals surface area (Å²) in [5.74, 6) is -2.15. The highest BCUT2D eigenvalue weighted by Crippen LogP contribution is 2.34. The molecule has 28 heavy (non-hydrogen) atoms. The number of halogens is 3. The van der Waals surface area contributed by atoms with Crippen LogP contribution in [0.15, 0.2) is 48.5 Å². The summed E-state index contributed by atoms with van der Waals surface area (Å²) in [6.45, 7) is 1.36. The summed E-state index contributed by atoms with van der Waals surface area (Å²) < 4.78 is 43.1. The van der Waals surface area contributed by atoms with Gasteiger partial charge in [-0.3, -0.25) is 14.5 Å². The third-order valence-electron chi connectivity index (χ3n) is 4.74. The number of amides is 2. The van der Waals surface area contributed by atoms with Crippen molar-refractivity contribution in [2.45, 2.75) is 25.1 Å². The third-order valence-corrected chi connectivity index (χ3v) is 4.74. The number of hydrogen-bond donors (Lipinski definition) is 0. The number of methoxy groups -OCH3 is 1. The maximum atomic E-state index is 12.8. The van der Waals surface area contributed by atoms with Crippen LogP contribution in [-0.4, -0.2) is 35.3 Å². The molecule has 2 amide bonds. The third kappa shape index (κ3) is 3.15. The Labute approximate surface area is 158 Å². The largest absolute Gasteiger partial charge is 0.467 e. The van der Waals surface area contributed by atoms with Gasteiger partial charge in [-0.15, -0.1) is 0 Å². The zero-order chi connectivity index (χ0) is 20.7. The topological polar surface area (TPSA) is 63.7 Å². The Hall–Kier alpha value is -3.16. The van der Waals surface area contributed by atoms with Gasteiger partial charge >= 0.3 is 12.1 Å². The average Bonchev–Trinajstić information content (AvgIpc) is 2.92. The van der Waals surface area contributed by atoms with E-state index in [1.807, 2.05) is 0 Å². The van der Waals surface area contributed by atoms with E-state index in [2.05, 4.69) is 0 Å². The van der Waals surface area contributed by atoms with Crippen molar-refractivity contribution >= 4 is 17.8 Å². The van der Waals surface area contributed by atoms with Gasteiger partial charge in [0.1, 0.15) is 5.54 Å². The number of carbonyl (C=O) groups is 3. The van der Waals surface area contributed by atoms with Crippen molar-refractivity contribution in [3.63, 3.8) is 0 Å². The van der Waals surface area contributed by atoms with Crippen LogP contribution in [0.25, 0.3) is 0 Å². The van der Waals surface area contributed by atoms with Gasteiger partial charge < -0.3 is 4.74 Å². The van der Waals surface area contributed by atoms with Crippen molar-refractivity contribution in [2.75, 3.05) is 7.11 Å². The molecule has 1 atom stereocenters. The SMILES string of the molecule is COC(=O)[C@](C)(Cc1ccc(C(F)(F)F)cc1)N1C(=O)c2ccccc2C1=O. The van der Waals surface area contributed by atoms with E-state index >= 15 is 0 Å². The van der Waals surface area contributed by atoms with E-state index in [9.17, 15) is 27.6 Å². The highest BCUT2D eigenvalue weighted by atomic mass is 19.4. The molecule has 0 spiro atoms. The first-order valence-corrected chi connectivity index (χ1v) is 8.32. The van der Waals surface area contributed by atoms with Gasteiger partial charge in [-0.1, -0.05) is 24.3 Å². The number of esters is 1. The first kappa shape index (κ1) is 19.6. The van der Waals surface area contributed by atoms with E-state index in [4.69, 9.17) is 4.74 Å². The van der Waals surface area contributed by atoms with Crippen molar-refractivity contribution < 1.29 is 32.3 Å². The molecule has 1 aliphatic heterocycles. The van der Waals surface area contributed by atoms with Crippen molar-refractivity contribution in [2.24, 2.45) is 0 Å². The average molecular weight is 391 g/mol. The molecular formula is C20H16F3NO4. The Morgan fingerprint density at radius 2 is 1.46 bits per heavy atom. The Morgan fingerprint density at radius 3 is 1.89 bits per heavy atom. The minimum atomic E-state index is -4.49. The summed E-state index contributed by atoms with van der Waals surface area (Å²) in [6.07, 6.45) is -4.68. The van der Waals surface area contributed by atoms with Gasteiger partial charge in [0.25, 0.3) is 11.8 Å². The van der Waals surface area contributed by atoms with Crippen molar-refractivity contribution in [1.29, 1.82) is 0 Å². The Kier molecular flexibility index (Phi) is 4.74. The molecule has 1 heterocycles. The van der Waals surface area contributed by atoms with Crippen LogP contribution < -0.4 is 0 Å². The number of benzene rings is 2. The zero-order valence-electron chi connectivity index (χ0n) is 15.0. The van der Waals surface area contributed by atoms with Crippen LogP contribution >= 0.6 is 0 Å². The number of alkyl halides is 3. The molecule has 0 N–H and O–H groups in total. The minimum Gasteiger partial charge on any atom is -0.467 e. The number of ether oxygens (including phenoxy) is 1. The van der Waals surface area contributed by atoms with Gasteiger partial charge in [0.15, 0.2) is 0 Å². The van der Waals surface area contributed by atoms with Crippen LogP contribution in [0.2, 0.25) is 0 Å². The van der Waals surface area contributed by atoms with Gasteiger partial charge in [0.05, 0.1) is 23.8 Å². The smallest absolute Gasteiger partial charge is 0.416 e. The number of rotatable bonds is 4. The lowest BCUT2D eigenvalue weighted by atomic mass is 9.90. The standard InChI is InChI=1S/C20H16F3NO4/c1-19(18(27)28-2,11-12-7-9-13(10-8-12)20(21,22)23)24-16(25)14-5-3-4-6-15(14)17(24)26/h3-10H,11H2,1-2H3/t19-/m0/s1. The Bertz CT molecular complexity index is 918. The van der Waals surface area contributed by atoms with E-state index in [0.717, 1.165) is 24.1 Å². The molecule has 0 unspecified atom stereocenters. The van der Waals surface area contributed by atoms with Crippen LogP contribution in [0.5, 0.6) is 0 Å². The van der Waals surface area contributed by atoms with Crippen LogP contribution in [0.3, 0.4) is 0 Å². The van der Waals surface area contributed by atoms with Gasteiger partial charge in [0, 0.05) is 6.42 Å². The van der Waals surface area contributed by atoms with Crippen molar-refractivity contribution in [3.05, 3.63) is 70.8 Å². The summed E-state index contributed by atoms with van der Waals surface area (Å²) in [5.41, 5.74) is -1.89. The summed E-state index contributed by atoms with van der Waals surface area (Å²) in [5, 5.41) is 0. The molecule has 0 fully saturated rings. The van der Waals surface area contributed by atoms with E-state index in [1.54, 1.807) is 12.1 Å². The van der Waals surface area contributed by atoms with Gasteiger partial charge in [-0.05, 0) is 36.8 Å². The van der Waals surface area contributed by atoms with E-state index < -0.39 is 35.1 Å². The van der Waals surface area contributed by atoms with Crippen LogP contribution in [0, 0.1) is 0 Å². The maximum absolute atomic E-state index is 12.8. The lowest BCUT2D eigenvalue weighted by Gasteiger charge is -2.34. The van der Waals surface area contributed by atoms with E-state index in [1.165, 1.54) is 31.2 Å². The molecule has 2 aromatic carbocycles. The fraction of sp³-hybridized carbons (Fsp3) is 0.250. The predicted octanol–water partition coefficient (Wildman–Crippen LogP) is 3.48. The van der Waals surface area contributed by atoms with Crippen molar-refractivity contribution in [1.82, 2.24) is 4.90 Å². The maximum Gasteiger partial charge on any atom is 0.416 e. The molecule has 0 aromatic heterocycles. The second kappa shape index (κ2) is 6.78. The summed E-state index contributed by atoms with van der Waals surface area (Å²) in [6, 6.07) is 10.3. The number of fused-ring (bicyclic) bond motifs is 1. The first-order chi connectivity index (χ1) is 13.1. The zero-order valence-corrected chi connectivity index (χ0v) is 15.0. The normalized spacial score (nSPS) is 16.0. The second-order valence-electron chi connectivity index (χ2n) is 6.63. The molecule has 2 aromatic rings. The molecule has 0 radical (unpaired) electrons. The molecule has 0 bridgehead atoms. The van der Waals surface area contributed by atoms with Crippen LogP contribution in [0.4, 0.5) is 13.2 Å². The number of nitrogens with zero attached hydrogens (tertiary/aromatic N) is 1. The summed E-state index contributed by atoms with van der Waals surface area (Å²) >= 11 is 0. The van der Waals surface area contributed by atoms with Gasteiger partial charge in [-0.2, -0.15) is 13.2 Å². The number of imide groups is 1. The molecule has 0 saturated heterocycles. The summed E-state index contributed by atoms with van der Waals surface area (Å²) in [4.78, 5) is 39.0. The molecule has 3 rings (SSSR count). The first-order valence-electron chi connectivity index (χ1n) is 8.32. The molecular weight excluding hydrogens is 375 g/mol. The molecule has 8 heteroatoms. The quantitative estimate of drug-likeness (QED) is 0.591. The Balaban J connectivity index is 2.00. The highest BCUT2D eigenvalue weighted by molar-refractivity contribution is 6.23. The Morgan fingerprint density at radius 1 is 0.964 bits per heavy atom.